The summed E-state index contributed by atoms with van der Waals surface area (Å²) in [4.78, 5) is 3.30. The number of para-hydroxylation sites is 1. The predicted octanol–water partition coefficient (Wildman–Crippen LogP) is 4.56. The van der Waals surface area contributed by atoms with Crippen molar-refractivity contribution in [3.05, 3.63) is 65.9 Å². The second-order valence-corrected chi connectivity index (χ2v) is 6.77. The van der Waals surface area contributed by atoms with Gasteiger partial charge in [0.05, 0.1) is 0 Å². The smallest absolute Gasteiger partial charge is 0.191 e. The second kappa shape index (κ2) is 6.17. The molecule has 0 aliphatic carbocycles. The van der Waals surface area contributed by atoms with Gasteiger partial charge >= 0.3 is 0 Å². The van der Waals surface area contributed by atoms with E-state index in [9.17, 15) is 0 Å². The Hall–Kier alpha value is -2.53. The lowest BCUT2D eigenvalue weighted by molar-refractivity contribution is 0.794. The normalized spacial score (nSPS) is 11.2. The molecule has 0 saturated heterocycles. The number of aromatic nitrogens is 4. The van der Waals surface area contributed by atoms with Crippen LogP contribution in [0.25, 0.3) is 22.3 Å². The van der Waals surface area contributed by atoms with Gasteiger partial charge in [-0.3, -0.25) is 0 Å². The zero-order valence-electron chi connectivity index (χ0n) is 13.7. The van der Waals surface area contributed by atoms with Crippen molar-refractivity contribution in [2.45, 2.75) is 17.8 Å². The topological polar surface area (TPSA) is 46.5 Å². The van der Waals surface area contributed by atoms with E-state index in [4.69, 9.17) is 0 Å². The van der Waals surface area contributed by atoms with Gasteiger partial charge in [0, 0.05) is 35.5 Å². The number of hydrogen-bond acceptors (Lipinski definition) is 3. The van der Waals surface area contributed by atoms with Crippen molar-refractivity contribution in [3.8, 4) is 11.4 Å². The molecule has 1 N–H and O–H groups in total. The number of aromatic amines is 1. The fourth-order valence-electron chi connectivity index (χ4n) is 2.85. The minimum absolute atomic E-state index is 0.889. The van der Waals surface area contributed by atoms with E-state index in [0.29, 0.717) is 0 Å². The molecule has 0 fully saturated rings. The maximum absolute atomic E-state index is 4.42. The molecule has 0 radical (unpaired) electrons. The predicted molar refractivity (Wildman–Crippen MR) is 99.0 cm³/mol. The summed E-state index contributed by atoms with van der Waals surface area (Å²) in [6.07, 6.45) is 2.00. The average Bonchev–Trinajstić information content (AvgIpc) is 3.18. The Balaban J connectivity index is 1.63. The maximum atomic E-state index is 4.42. The molecule has 4 rings (SSSR count). The van der Waals surface area contributed by atoms with E-state index >= 15 is 0 Å². The third-order valence-electron chi connectivity index (χ3n) is 4.28. The molecule has 2 aromatic carbocycles. The Morgan fingerprint density at radius 1 is 1.04 bits per heavy atom. The van der Waals surface area contributed by atoms with Crippen LogP contribution in [0, 0.1) is 6.92 Å². The Kier molecular flexibility index (Phi) is 3.86. The Bertz CT molecular complexity index is 999. The largest absolute Gasteiger partial charge is 0.360 e. The third kappa shape index (κ3) is 2.61. The average molecular weight is 334 g/mol. The van der Waals surface area contributed by atoms with E-state index in [-0.39, 0.29) is 0 Å². The zero-order chi connectivity index (χ0) is 16.5. The van der Waals surface area contributed by atoms with Crippen LogP contribution in [0.2, 0.25) is 0 Å². The molecule has 5 heteroatoms. The Morgan fingerprint density at radius 3 is 2.71 bits per heavy atom. The summed E-state index contributed by atoms with van der Waals surface area (Å²) in [5.41, 5.74) is 4.84. The maximum Gasteiger partial charge on any atom is 0.191 e. The third-order valence-corrected chi connectivity index (χ3v) is 5.35. The van der Waals surface area contributed by atoms with Gasteiger partial charge < -0.3 is 9.55 Å². The first-order valence-electron chi connectivity index (χ1n) is 7.87. The second-order valence-electron chi connectivity index (χ2n) is 5.83. The van der Waals surface area contributed by atoms with Crippen LogP contribution in [0.1, 0.15) is 11.1 Å². The van der Waals surface area contributed by atoms with Crippen molar-refractivity contribution in [2.24, 2.45) is 7.05 Å². The number of rotatable bonds is 4. The SMILES string of the molecule is Cc1ccccc1CSc1nnc(-c2c[nH]c3ccccc23)n1C. The van der Waals surface area contributed by atoms with Gasteiger partial charge in [0.2, 0.25) is 0 Å². The lowest BCUT2D eigenvalue weighted by Crippen LogP contribution is -1.95. The number of fused-ring (bicyclic) bond motifs is 1. The Labute approximate surface area is 144 Å². The van der Waals surface area contributed by atoms with Crippen LogP contribution in [0.5, 0.6) is 0 Å². The van der Waals surface area contributed by atoms with Crippen LogP contribution in [-0.4, -0.2) is 19.7 Å². The molecule has 2 aromatic heterocycles. The lowest BCUT2D eigenvalue weighted by atomic mass is 10.1. The Morgan fingerprint density at radius 2 is 1.83 bits per heavy atom. The van der Waals surface area contributed by atoms with Gasteiger partial charge in [-0.15, -0.1) is 10.2 Å². The van der Waals surface area contributed by atoms with Gasteiger partial charge in [0.1, 0.15) is 0 Å². The summed E-state index contributed by atoms with van der Waals surface area (Å²) in [7, 11) is 2.03. The van der Waals surface area contributed by atoms with Crippen molar-refractivity contribution in [2.75, 3.05) is 0 Å². The van der Waals surface area contributed by atoms with Gasteiger partial charge in [0.25, 0.3) is 0 Å². The molecule has 24 heavy (non-hydrogen) atoms. The van der Waals surface area contributed by atoms with Crippen LogP contribution >= 0.6 is 11.8 Å². The highest BCUT2D eigenvalue weighted by Crippen LogP contribution is 2.30. The highest BCUT2D eigenvalue weighted by Gasteiger charge is 2.15. The molecule has 0 aliphatic rings. The fourth-order valence-corrected chi connectivity index (χ4v) is 3.83. The summed E-state index contributed by atoms with van der Waals surface area (Å²) in [6.45, 7) is 2.14. The molecule has 4 nitrogen and oxygen atoms in total. The number of nitrogens with zero attached hydrogens (tertiary/aromatic N) is 3. The molecule has 0 spiro atoms. The van der Waals surface area contributed by atoms with E-state index in [2.05, 4.69) is 63.1 Å². The van der Waals surface area contributed by atoms with Crippen LogP contribution in [0.3, 0.4) is 0 Å². The van der Waals surface area contributed by atoms with Crippen molar-refractivity contribution >= 4 is 22.7 Å². The van der Waals surface area contributed by atoms with Crippen LogP contribution in [-0.2, 0) is 12.8 Å². The molecule has 120 valence electrons. The number of benzene rings is 2. The van der Waals surface area contributed by atoms with E-state index < -0.39 is 0 Å². The zero-order valence-corrected chi connectivity index (χ0v) is 14.5. The molecule has 0 atom stereocenters. The molecular formula is C19H18N4S. The molecule has 0 aliphatic heterocycles. The van der Waals surface area contributed by atoms with Gasteiger partial charge in [-0.1, -0.05) is 54.2 Å². The number of thioether (sulfide) groups is 1. The van der Waals surface area contributed by atoms with Crippen LogP contribution < -0.4 is 0 Å². The van der Waals surface area contributed by atoms with Crippen molar-refractivity contribution in [3.63, 3.8) is 0 Å². The minimum Gasteiger partial charge on any atom is -0.360 e. The van der Waals surface area contributed by atoms with E-state index in [0.717, 1.165) is 27.8 Å². The summed E-state index contributed by atoms with van der Waals surface area (Å²) < 4.78 is 2.07. The summed E-state index contributed by atoms with van der Waals surface area (Å²) >= 11 is 1.72. The van der Waals surface area contributed by atoms with Crippen LogP contribution in [0.4, 0.5) is 0 Å². The number of aryl methyl sites for hydroxylation is 1. The van der Waals surface area contributed by atoms with Gasteiger partial charge in [-0.05, 0) is 24.1 Å². The first-order chi connectivity index (χ1) is 11.7. The fraction of sp³-hybridized carbons (Fsp3) is 0.158. The lowest BCUT2D eigenvalue weighted by Gasteiger charge is -2.05. The molecule has 0 unspecified atom stereocenters. The molecular weight excluding hydrogens is 316 g/mol. The highest BCUT2D eigenvalue weighted by molar-refractivity contribution is 7.98. The summed E-state index contributed by atoms with van der Waals surface area (Å²) in [6, 6.07) is 16.7. The van der Waals surface area contributed by atoms with E-state index in [1.54, 1.807) is 11.8 Å². The standard InChI is InChI=1S/C19H18N4S/c1-13-7-3-4-8-14(13)12-24-19-22-21-18(23(19)2)16-11-20-17-10-6-5-9-15(16)17/h3-11,20H,12H2,1-2H3. The van der Waals surface area contributed by atoms with Gasteiger partial charge in [-0.2, -0.15) is 0 Å². The molecule has 0 amide bonds. The van der Waals surface area contributed by atoms with Crippen molar-refractivity contribution < 1.29 is 0 Å². The monoisotopic (exact) mass is 334 g/mol. The first-order valence-corrected chi connectivity index (χ1v) is 8.86. The minimum atomic E-state index is 0.889. The van der Waals surface area contributed by atoms with E-state index in [1.807, 2.05) is 25.4 Å². The number of hydrogen-bond donors (Lipinski definition) is 1. The highest BCUT2D eigenvalue weighted by atomic mass is 32.2. The summed E-state index contributed by atoms with van der Waals surface area (Å²) in [5, 5.41) is 10.9. The quantitative estimate of drug-likeness (QED) is 0.556. The molecule has 0 saturated carbocycles. The van der Waals surface area contributed by atoms with E-state index in [1.165, 1.54) is 16.5 Å². The van der Waals surface area contributed by atoms with Gasteiger partial charge in [-0.25, -0.2) is 0 Å². The van der Waals surface area contributed by atoms with Gasteiger partial charge in [0.15, 0.2) is 11.0 Å². The number of nitrogens with one attached hydrogen (secondary N) is 1. The van der Waals surface area contributed by atoms with Crippen LogP contribution in [0.15, 0.2) is 59.9 Å². The molecule has 4 aromatic rings. The first kappa shape index (κ1) is 15.0. The van der Waals surface area contributed by atoms with Crippen molar-refractivity contribution in [1.29, 1.82) is 0 Å². The molecule has 0 bridgehead atoms. The summed E-state index contributed by atoms with van der Waals surface area (Å²) in [5.74, 6) is 1.78. The van der Waals surface area contributed by atoms with Crippen molar-refractivity contribution in [1.82, 2.24) is 19.7 Å². The number of H-pyrrole nitrogens is 1. The molecule has 2 heterocycles.